The van der Waals surface area contributed by atoms with Gasteiger partial charge in [0.05, 0.1) is 18.1 Å². The number of carbonyl (C=O) groups excluding carboxylic acids is 2. The van der Waals surface area contributed by atoms with Crippen LogP contribution in [-0.2, 0) is 16.0 Å². The van der Waals surface area contributed by atoms with Gasteiger partial charge in [0.15, 0.2) is 0 Å². The maximum absolute atomic E-state index is 12.7. The minimum absolute atomic E-state index is 0.0717. The summed E-state index contributed by atoms with van der Waals surface area (Å²) in [6.45, 7) is 6.62. The van der Waals surface area contributed by atoms with Crippen LogP contribution in [0.15, 0.2) is 18.6 Å². The van der Waals surface area contributed by atoms with Gasteiger partial charge in [0, 0.05) is 44.0 Å². The lowest BCUT2D eigenvalue weighted by Crippen LogP contribution is -2.58. The first-order valence-electron chi connectivity index (χ1n) is 8.00. The topological polar surface area (TPSA) is 95.9 Å². The van der Waals surface area contributed by atoms with Crippen molar-refractivity contribution in [2.75, 3.05) is 13.1 Å². The zero-order valence-corrected chi connectivity index (χ0v) is 14.1. The zero-order valence-electron chi connectivity index (χ0n) is 14.1. The fourth-order valence-corrected chi connectivity index (χ4v) is 3.09. The zero-order chi connectivity index (χ0) is 17.3. The summed E-state index contributed by atoms with van der Waals surface area (Å²) in [4.78, 5) is 32.8. The van der Waals surface area contributed by atoms with Gasteiger partial charge in [0.2, 0.25) is 11.8 Å². The monoisotopic (exact) mass is 330 g/mol. The Morgan fingerprint density at radius 1 is 1.42 bits per heavy atom. The first-order valence-corrected chi connectivity index (χ1v) is 8.00. The molecule has 0 aromatic carbocycles. The molecule has 0 unspecified atom stereocenters. The Morgan fingerprint density at radius 2 is 2.17 bits per heavy atom. The molecule has 1 fully saturated rings. The van der Waals surface area contributed by atoms with E-state index in [1.807, 2.05) is 24.6 Å². The summed E-state index contributed by atoms with van der Waals surface area (Å²) in [5.74, 6) is -0.291. The molecule has 1 aliphatic rings. The predicted octanol–water partition coefficient (Wildman–Crippen LogP) is 0.354. The molecule has 1 aliphatic heterocycles. The molecule has 8 nitrogen and oxygen atoms in total. The Balaban J connectivity index is 1.63. The normalized spacial score (nSPS) is 15.9. The summed E-state index contributed by atoms with van der Waals surface area (Å²) in [6, 6.07) is 1.65. The van der Waals surface area contributed by atoms with Gasteiger partial charge in [-0.2, -0.15) is 5.10 Å². The van der Waals surface area contributed by atoms with Crippen LogP contribution < -0.4 is 5.32 Å². The van der Waals surface area contributed by atoms with Crippen molar-refractivity contribution >= 4 is 11.8 Å². The average Bonchev–Trinajstić information content (AvgIpc) is 3.06. The van der Waals surface area contributed by atoms with Crippen LogP contribution in [0.4, 0.5) is 0 Å². The summed E-state index contributed by atoms with van der Waals surface area (Å²) in [5.41, 5.74) is 2.89. The number of aryl methyl sites for hydroxylation is 2. The van der Waals surface area contributed by atoms with Crippen molar-refractivity contribution in [3.8, 4) is 0 Å². The first-order chi connectivity index (χ1) is 11.4. The number of nitrogens with one attached hydrogen (secondary N) is 2. The van der Waals surface area contributed by atoms with Gasteiger partial charge in [-0.05, 0) is 19.9 Å². The highest BCUT2D eigenvalue weighted by Crippen LogP contribution is 2.23. The van der Waals surface area contributed by atoms with Crippen LogP contribution in [0, 0.1) is 13.8 Å². The van der Waals surface area contributed by atoms with Gasteiger partial charge in [-0.25, -0.2) is 4.98 Å². The lowest BCUT2D eigenvalue weighted by Gasteiger charge is -2.41. The van der Waals surface area contributed by atoms with E-state index in [0.29, 0.717) is 19.5 Å². The van der Waals surface area contributed by atoms with Gasteiger partial charge >= 0.3 is 0 Å². The van der Waals surface area contributed by atoms with E-state index in [-0.39, 0.29) is 17.9 Å². The minimum atomic E-state index is -0.579. The van der Waals surface area contributed by atoms with E-state index in [2.05, 4.69) is 20.4 Å². The average molecular weight is 330 g/mol. The molecule has 0 aliphatic carbocycles. The van der Waals surface area contributed by atoms with Gasteiger partial charge in [0.25, 0.3) is 0 Å². The lowest BCUT2D eigenvalue weighted by atomic mass is 10.0. The number of hydrogen-bond acceptors (Lipinski definition) is 4. The van der Waals surface area contributed by atoms with Gasteiger partial charge in [0.1, 0.15) is 6.04 Å². The number of H-pyrrole nitrogens is 1. The molecule has 24 heavy (non-hydrogen) atoms. The fourth-order valence-electron chi connectivity index (χ4n) is 3.09. The highest BCUT2D eigenvalue weighted by molar-refractivity contribution is 5.87. The van der Waals surface area contributed by atoms with Crippen molar-refractivity contribution < 1.29 is 9.59 Å². The molecular formula is C16H22N6O2. The van der Waals surface area contributed by atoms with Crippen LogP contribution in [0.5, 0.6) is 0 Å². The first kappa shape index (κ1) is 16.2. The van der Waals surface area contributed by atoms with E-state index in [1.54, 1.807) is 17.4 Å². The van der Waals surface area contributed by atoms with Crippen LogP contribution in [-0.4, -0.2) is 55.6 Å². The standard InChI is InChI=1S/C16H22N6O2/c1-10-4-11(2)22(20-10)14-7-21(8-14)16(24)15(19-12(3)23)5-13-6-17-9-18-13/h4,6,9,14-15H,5,7-8H2,1-3H3,(H,17,18)(H,19,23)/t15-/m0/s1. The Labute approximate surface area is 140 Å². The Hall–Kier alpha value is -2.64. The van der Waals surface area contributed by atoms with E-state index in [4.69, 9.17) is 0 Å². The molecule has 2 N–H and O–H groups in total. The van der Waals surface area contributed by atoms with Crippen LogP contribution in [0.25, 0.3) is 0 Å². The molecule has 1 atom stereocenters. The second kappa shape index (κ2) is 6.46. The second-order valence-corrected chi connectivity index (χ2v) is 6.30. The van der Waals surface area contributed by atoms with Gasteiger partial charge in [-0.3, -0.25) is 14.3 Å². The highest BCUT2D eigenvalue weighted by atomic mass is 16.2. The molecule has 2 aromatic rings. The Kier molecular flexibility index (Phi) is 4.37. The number of hydrogen-bond donors (Lipinski definition) is 2. The minimum Gasteiger partial charge on any atom is -0.348 e. The molecular weight excluding hydrogens is 308 g/mol. The third-order valence-corrected chi connectivity index (χ3v) is 4.22. The molecule has 2 aromatic heterocycles. The summed E-state index contributed by atoms with van der Waals surface area (Å²) in [7, 11) is 0. The van der Waals surface area contributed by atoms with Gasteiger partial charge in [-0.15, -0.1) is 0 Å². The highest BCUT2D eigenvalue weighted by Gasteiger charge is 2.36. The van der Waals surface area contributed by atoms with E-state index in [1.165, 1.54) is 6.92 Å². The second-order valence-electron chi connectivity index (χ2n) is 6.30. The third kappa shape index (κ3) is 3.32. The summed E-state index contributed by atoms with van der Waals surface area (Å²) >= 11 is 0. The fraction of sp³-hybridized carbons (Fsp3) is 0.500. The Morgan fingerprint density at radius 3 is 2.71 bits per heavy atom. The molecule has 0 radical (unpaired) electrons. The number of likely N-dealkylation sites (tertiary alicyclic amines) is 1. The Bertz CT molecular complexity index is 730. The number of nitrogens with zero attached hydrogens (tertiary/aromatic N) is 4. The number of rotatable bonds is 5. The van der Waals surface area contributed by atoms with Gasteiger partial charge < -0.3 is 15.2 Å². The van der Waals surface area contributed by atoms with Crippen molar-refractivity contribution in [3.63, 3.8) is 0 Å². The van der Waals surface area contributed by atoms with Crippen LogP contribution >= 0.6 is 0 Å². The van der Waals surface area contributed by atoms with E-state index in [0.717, 1.165) is 17.1 Å². The molecule has 2 amide bonds. The molecule has 3 heterocycles. The SMILES string of the molecule is CC(=O)N[C@@H](Cc1cnc[nH]1)C(=O)N1CC(n2nc(C)cc2C)C1. The van der Waals surface area contributed by atoms with Crippen molar-refractivity contribution in [2.45, 2.75) is 39.3 Å². The summed E-state index contributed by atoms with van der Waals surface area (Å²) in [6.07, 6.45) is 3.63. The molecule has 1 saturated heterocycles. The number of carbonyl (C=O) groups is 2. The number of aromatic nitrogens is 4. The molecule has 0 saturated carbocycles. The van der Waals surface area contributed by atoms with Crippen molar-refractivity contribution in [3.05, 3.63) is 35.7 Å². The molecule has 8 heteroatoms. The van der Waals surface area contributed by atoms with E-state index >= 15 is 0 Å². The molecule has 128 valence electrons. The summed E-state index contributed by atoms with van der Waals surface area (Å²) in [5, 5.41) is 7.21. The lowest BCUT2D eigenvalue weighted by molar-refractivity contribution is -0.141. The van der Waals surface area contributed by atoms with E-state index < -0.39 is 6.04 Å². The molecule has 3 rings (SSSR count). The molecule has 0 spiro atoms. The maximum atomic E-state index is 12.7. The number of amides is 2. The molecule has 0 bridgehead atoms. The van der Waals surface area contributed by atoms with E-state index in [9.17, 15) is 9.59 Å². The number of imidazole rings is 1. The van der Waals surface area contributed by atoms with Crippen LogP contribution in [0.1, 0.15) is 30.0 Å². The van der Waals surface area contributed by atoms with Crippen molar-refractivity contribution in [1.82, 2.24) is 30.0 Å². The van der Waals surface area contributed by atoms with Crippen molar-refractivity contribution in [2.24, 2.45) is 0 Å². The quantitative estimate of drug-likeness (QED) is 0.827. The predicted molar refractivity (Wildman–Crippen MR) is 87.2 cm³/mol. The largest absolute Gasteiger partial charge is 0.348 e. The van der Waals surface area contributed by atoms with Crippen LogP contribution in [0.2, 0.25) is 0 Å². The number of aromatic amines is 1. The van der Waals surface area contributed by atoms with Crippen molar-refractivity contribution in [1.29, 1.82) is 0 Å². The van der Waals surface area contributed by atoms with Crippen LogP contribution in [0.3, 0.4) is 0 Å². The third-order valence-electron chi connectivity index (χ3n) is 4.22. The maximum Gasteiger partial charge on any atom is 0.245 e. The smallest absolute Gasteiger partial charge is 0.245 e. The summed E-state index contributed by atoms with van der Waals surface area (Å²) < 4.78 is 1.97. The van der Waals surface area contributed by atoms with Gasteiger partial charge in [-0.1, -0.05) is 0 Å².